The summed E-state index contributed by atoms with van der Waals surface area (Å²) in [5, 5.41) is 2.56. The number of halogens is 1. The van der Waals surface area contributed by atoms with Gasteiger partial charge in [0.05, 0.1) is 19.9 Å². The first-order valence-corrected chi connectivity index (χ1v) is 7.40. The van der Waals surface area contributed by atoms with Crippen molar-refractivity contribution in [1.29, 1.82) is 0 Å². The predicted octanol–water partition coefficient (Wildman–Crippen LogP) is 3.06. The number of amides is 1. The van der Waals surface area contributed by atoms with Crippen molar-refractivity contribution < 1.29 is 28.2 Å². The molecule has 0 aliphatic rings. The molecule has 2 aromatic rings. The number of hydrogen-bond acceptors (Lipinski definition) is 5. The molecule has 132 valence electrons. The van der Waals surface area contributed by atoms with Gasteiger partial charge in [-0.15, -0.1) is 0 Å². The minimum absolute atomic E-state index is 0.0308. The molecule has 0 spiro atoms. The number of ether oxygens (including phenoxy) is 3. The fourth-order valence-corrected chi connectivity index (χ4v) is 2.17. The number of nitrogens with one attached hydrogen (secondary N) is 1. The van der Waals surface area contributed by atoms with E-state index in [0.29, 0.717) is 11.5 Å². The molecule has 0 bridgehead atoms. The Balaban J connectivity index is 2.16. The van der Waals surface area contributed by atoms with Crippen LogP contribution in [0.5, 0.6) is 17.2 Å². The smallest absolute Gasteiger partial charge is 0.262 e. The molecule has 6 nitrogen and oxygen atoms in total. The van der Waals surface area contributed by atoms with Gasteiger partial charge in [-0.2, -0.15) is 0 Å². The Morgan fingerprint density at radius 1 is 1.04 bits per heavy atom. The SMILES string of the molecule is COc1cc(NC(=O)COc2ccccc2F)c(C(C)=O)cc1OC. The van der Waals surface area contributed by atoms with Crippen LogP contribution in [-0.2, 0) is 4.79 Å². The molecule has 0 saturated carbocycles. The first-order chi connectivity index (χ1) is 12.0. The Kier molecular flexibility index (Phi) is 5.94. The highest BCUT2D eigenvalue weighted by Gasteiger charge is 2.16. The van der Waals surface area contributed by atoms with Gasteiger partial charge in [-0.1, -0.05) is 12.1 Å². The number of carbonyl (C=O) groups excluding carboxylic acids is 2. The van der Waals surface area contributed by atoms with E-state index in [4.69, 9.17) is 14.2 Å². The molecule has 2 aromatic carbocycles. The average Bonchev–Trinajstić information content (AvgIpc) is 2.60. The molecule has 0 fully saturated rings. The zero-order valence-corrected chi connectivity index (χ0v) is 14.1. The topological polar surface area (TPSA) is 73.9 Å². The van der Waals surface area contributed by atoms with Crippen LogP contribution < -0.4 is 19.5 Å². The molecule has 0 aromatic heterocycles. The maximum absolute atomic E-state index is 13.5. The van der Waals surface area contributed by atoms with Gasteiger partial charge >= 0.3 is 0 Å². The number of benzene rings is 2. The number of hydrogen-bond donors (Lipinski definition) is 1. The summed E-state index contributed by atoms with van der Waals surface area (Å²) < 4.78 is 29.0. The quantitative estimate of drug-likeness (QED) is 0.779. The van der Waals surface area contributed by atoms with Gasteiger partial charge in [-0.25, -0.2) is 4.39 Å². The highest BCUT2D eigenvalue weighted by molar-refractivity contribution is 6.04. The highest BCUT2D eigenvalue weighted by Crippen LogP contribution is 2.33. The predicted molar refractivity (Wildman–Crippen MR) is 90.1 cm³/mol. The van der Waals surface area contributed by atoms with E-state index in [1.54, 1.807) is 6.07 Å². The summed E-state index contributed by atoms with van der Waals surface area (Å²) >= 11 is 0. The second kappa shape index (κ2) is 8.14. The molecule has 25 heavy (non-hydrogen) atoms. The summed E-state index contributed by atoms with van der Waals surface area (Å²) in [6, 6.07) is 8.73. The fourth-order valence-electron chi connectivity index (χ4n) is 2.17. The first kappa shape index (κ1) is 18.3. The van der Waals surface area contributed by atoms with Gasteiger partial charge in [0.1, 0.15) is 0 Å². The van der Waals surface area contributed by atoms with Crippen LogP contribution in [0.4, 0.5) is 10.1 Å². The minimum atomic E-state index is -0.564. The molecule has 0 heterocycles. The van der Waals surface area contributed by atoms with Crippen molar-refractivity contribution in [3.05, 3.63) is 47.8 Å². The van der Waals surface area contributed by atoms with Crippen molar-refractivity contribution in [2.45, 2.75) is 6.92 Å². The summed E-state index contributed by atoms with van der Waals surface area (Å²) in [6.07, 6.45) is 0. The molecule has 0 aliphatic carbocycles. The maximum atomic E-state index is 13.5. The summed E-state index contributed by atoms with van der Waals surface area (Å²) in [4.78, 5) is 23.9. The van der Waals surface area contributed by atoms with Crippen LogP contribution in [-0.4, -0.2) is 32.5 Å². The zero-order valence-electron chi connectivity index (χ0n) is 14.1. The minimum Gasteiger partial charge on any atom is -0.493 e. The third-order valence-electron chi connectivity index (χ3n) is 3.37. The second-order valence-electron chi connectivity index (χ2n) is 5.08. The first-order valence-electron chi connectivity index (χ1n) is 7.40. The van der Waals surface area contributed by atoms with E-state index < -0.39 is 18.3 Å². The van der Waals surface area contributed by atoms with Gasteiger partial charge in [-0.3, -0.25) is 9.59 Å². The summed E-state index contributed by atoms with van der Waals surface area (Å²) in [6.45, 7) is 0.958. The zero-order chi connectivity index (χ0) is 18.4. The van der Waals surface area contributed by atoms with E-state index in [1.165, 1.54) is 51.5 Å². The lowest BCUT2D eigenvalue weighted by Crippen LogP contribution is -2.21. The number of ketones is 1. The fraction of sp³-hybridized carbons (Fsp3) is 0.222. The van der Waals surface area contributed by atoms with Gasteiger partial charge in [0, 0.05) is 11.6 Å². The number of para-hydroxylation sites is 1. The molecule has 0 unspecified atom stereocenters. The van der Waals surface area contributed by atoms with E-state index in [-0.39, 0.29) is 22.8 Å². The third-order valence-corrected chi connectivity index (χ3v) is 3.37. The lowest BCUT2D eigenvalue weighted by molar-refractivity contribution is -0.118. The average molecular weight is 347 g/mol. The number of Topliss-reactive ketones (excluding diaryl/α,β-unsaturated/α-hetero) is 1. The van der Waals surface area contributed by atoms with Crippen molar-refractivity contribution >= 4 is 17.4 Å². The second-order valence-corrected chi connectivity index (χ2v) is 5.08. The molecular formula is C18H18FNO5. The molecule has 0 radical (unpaired) electrons. The lowest BCUT2D eigenvalue weighted by atomic mass is 10.1. The van der Waals surface area contributed by atoms with Crippen LogP contribution in [0, 0.1) is 5.82 Å². The molecule has 0 atom stereocenters. The summed E-state index contributed by atoms with van der Waals surface area (Å²) in [5.74, 6) is -0.669. The molecule has 1 amide bonds. The van der Waals surface area contributed by atoms with Crippen molar-refractivity contribution in [3.63, 3.8) is 0 Å². The van der Waals surface area contributed by atoms with Gasteiger partial charge in [0.25, 0.3) is 5.91 Å². The lowest BCUT2D eigenvalue weighted by Gasteiger charge is -2.14. The van der Waals surface area contributed by atoms with Crippen LogP contribution in [0.2, 0.25) is 0 Å². The van der Waals surface area contributed by atoms with Crippen molar-refractivity contribution in [2.24, 2.45) is 0 Å². The van der Waals surface area contributed by atoms with Crippen LogP contribution in [0.3, 0.4) is 0 Å². The Morgan fingerprint density at radius 3 is 2.28 bits per heavy atom. The van der Waals surface area contributed by atoms with Crippen LogP contribution in [0.15, 0.2) is 36.4 Å². The molecule has 0 aliphatic heterocycles. The number of rotatable bonds is 7. The van der Waals surface area contributed by atoms with E-state index in [0.717, 1.165) is 0 Å². The molecular weight excluding hydrogens is 329 g/mol. The number of methoxy groups -OCH3 is 2. The number of anilines is 1. The van der Waals surface area contributed by atoms with E-state index in [2.05, 4.69) is 5.32 Å². The monoisotopic (exact) mass is 347 g/mol. The van der Waals surface area contributed by atoms with Gasteiger partial charge in [0.2, 0.25) is 0 Å². The van der Waals surface area contributed by atoms with E-state index in [9.17, 15) is 14.0 Å². The van der Waals surface area contributed by atoms with Crippen LogP contribution >= 0.6 is 0 Å². The summed E-state index contributed by atoms with van der Waals surface area (Å²) in [5.41, 5.74) is 0.518. The summed E-state index contributed by atoms with van der Waals surface area (Å²) in [7, 11) is 2.89. The maximum Gasteiger partial charge on any atom is 0.262 e. The Morgan fingerprint density at radius 2 is 1.68 bits per heavy atom. The standard InChI is InChI=1S/C18H18FNO5/c1-11(21)12-8-16(23-2)17(24-3)9-14(12)20-18(22)10-25-15-7-5-4-6-13(15)19/h4-9H,10H2,1-3H3,(H,20,22). The van der Waals surface area contributed by atoms with Crippen molar-refractivity contribution in [2.75, 3.05) is 26.1 Å². The Hall–Kier alpha value is -3.09. The molecule has 2 rings (SSSR count). The number of carbonyl (C=O) groups is 2. The molecule has 0 saturated heterocycles. The largest absolute Gasteiger partial charge is 0.493 e. The van der Waals surface area contributed by atoms with Gasteiger partial charge in [-0.05, 0) is 25.1 Å². The van der Waals surface area contributed by atoms with Gasteiger partial charge in [0.15, 0.2) is 35.5 Å². The van der Waals surface area contributed by atoms with E-state index in [1.807, 2.05) is 0 Å². The molecule has 7 heteroatoms. The van der Waals surface area contributed by atoms with E-state index >= 15 is 0 Å². The van der Waals surface area contributed by atoms with Crippen LogP contribution in [0.25, 0.3) is 0 Å². The Bertz CT molecular complexity index is 791. The third kappa shape index (κ3) is 4.47. The van der Waals surface area contributed by atoms with Crippen LogP contribution in [0.1, 0.15) is 17.3 Å². The molecule has 1 N–H and O–H groups in total. The Labute approximate surface area is 144 Å². The van der Waals surface area contributed by atoms with Crippen molar-refractivity contribution in [1.82, 2.24) is 0 Å². The normalized spacial score (nSPS) is 10.1. The van der Waals surface area contributed by atoms with Gasteiger partial charge < -0.3 is 19.5 Å². The highest BCUT2D eigenvalue weighted by atomic mass is 19.1. The van der Waals surface area contributed by atoms with Crippen molar-refractivity contribution in [3.8, 4) is 17.2 Å².